The zero-order valence-corrected chi connectivity index (χ0v) is 10.8. The monoisotopic (exact) mass is 301 g/mol. The van der Waals surface area contributed by atoms with E-state index in [4.69, 9.17) is 5.11 Å². The first kappa shape index (κ1) is 12.5. The van der Waals surface area contributed by atoms with E-state index in [2.05, 4.69) is 15.9 Å². The van der Waals surface area contributed by atoms with Gasteiger partial charge in [-0.15, -0.1) is 0 Å². The molecule has 1 aromatic rings. The maximum Gasteiger partial charge on any atom is 0.317 e. The van der Waals surface area contributed by atoms with Gasteiger partial charge in [0.1, 0.15) is 5.82 Å². The van der Waals surface area contributed by atoms with Gasteiger partial charge >= 0.3 is 5.97 Å². The Bertz CT molecular complexity index is 435. The molecule has 0 radical (unpaired) electrons. The van der Waals surface area contributed by atoms with Crippen molar-refractivity contribution in [3.8, 4) is 0 Å². The third kappa shape index (κ3) is 3.26. The number of nitrogens with zero attached hydrogens (tertiary/aromatic N) is 1. The molecule has 3 nitrogen and oxygen atoms in total. The van der Waals surface area contributed by atoms with Crippen molar-refractivity contribution < 1.29 is 14.3 Å². The molecule has 2 rings (SSSR count). The van der Waals surface area contributed by atoms with Crippen LogP contribution in [0.3, 0.4) is 0 Å². The van der Waals surface area contributed by atoms with Crippen LogP contribution >= 0.6 is 15.9 Å². The highest BCUT2D eigenvalue weighted by Crippen LogP contribution is 2.30. The summed E-state index contributed by atoms with van der Waals surface area (Å²) in [6.45, 7) is 0.475. The summed E-state index contributed by atoms with van der Waals surface area (Å²) in [5, 5.41) is 8.84. The fraction of sp³-hybridized carbons (Fsp3) is 0.417. The minimum atomic E-state index is -0.843. The Morgan fingerprint density at radius 3 is 2.82 bits per heavy atom. The fourth-order valence-corrected chi connectivity index (χ4v) is 2.21. The minimum absolute atomic E-state index is 0.00756. The van der Waals surface area contributed by atoms with Crippen molar-refractivity contribution in [2.45, 2.75) is 25.4 Å². The van der Waals surface area contributed by atoms with Gasteiger partial charge in [0.15, 0.2) is 0 Å². The predicted molar refractivity (Wildman–Crippen MR) is 65.2 cm³/mol. The Hall–Kier alpha value is -0.940. The Morgan fingerprint density at radius 1 is 1.53 bits per heavy atom. The molecule has 1 aliphatic carbocycles. The van der Waals surface area contributed by atoms with Crippen LogP contribution in [0.4, 0.5) is 4.39 Å². The molecule has 1 fully saturated rings. The summed E-state index contributed by atoms with van der Waals surface area (Å²) >= 11 is 3.20. The van der Waals surface area contributed by atoms with Crippen LogP contribution in [-0.4, -0.2) is 28.6 Å². The van der Waals surface area contributed by atoms with Crippen molar-refractivity contribution in [3.63, 3.8) is 0 Å². The Morgan fingerprint density at radius 2 is 2.24 bits per heavy atom. The number of carbonyl (C=O) groups is 1. The smallest absolute Gasteiger partial charge is 0.317 e. The number of carboxylic acids is 1. The van der Waals surface area contributed by atoms with Crippen LogP contribution in [0.2, 0.25) is 0 Å². The molecular weight excluding hydrogens is 289 g/mol. The summed E-state index contributed by atoms with van der Waals surface area (Å²) in [5.41, 5.74) is 0.790. The lowest BCUT2D eigenvalue weighted by molar-refractivity contribution is -0.138. The highest BCUT2D eigenvalue weighted by molar-refractivity contribution is 9.10. The van der Waals surface area contributed by atoms with E-state index in [1.54, 1.807) is 6.07 Å². The van der Waals surface area contributed by atoms with E-state index in [0.29, 0.717) is 17.1 Å². The molecular formula is C12H13BrFNO2. The summed E-state index contributed by atoms with van der Waals surface area (Å²) in [7, 11) is 0. The summed E-state index contributed by atoms with van der Waals surface area (Å²) in [4.78, 5) is 12.6. The molecule has 1 aromatic carbocycles. The van der Waals surface area contributed by atoms with Crippen LogP contribution in [0.5, 0.6) is 0 Å². The average molecular weight is 302 g/mol. The molecule has 0 unspecified atom stereocenters. The molecule has 1 aliphatic rings. The minimum Gasteiger partial charge on any atom is -0.480 e. The number of aliphatic carboxylic acids is 1. The van der Waals surface area contributed by atoms with Gasteiger partial charge in [0.2, 0.25) is 0 Å². The van der Waals surface area contributed by atoms with Crippen LogP contribution in [0.25, 0.3) is 0 Å². The van der Waals surface area contributed by atoms with Crippen LogP contribution in [0.1, 0.15) is 18.4 Å². The topological polar surface area (TPSA) is 40.5 Å². The van der Waals surface area contributed by atoms with Gasteiger partial charge in [-0.05, 0) is 40.4 Å². The van der Waals surface area contributed by atoms with Gasteiger partial charge in [0.05, 0.1) is 11.0 Å². The van der Waals surface area contributed by atoms with E-state index in [0.717, 1.165) is 18.4 Å². The zero-order chi connectivity index (χ0) is 12.4. The molecule has 0 amide bonds. The lowest BCUT2D eigenvalue weighted by Crippen LogP contribution is -2.31. The molecule has 92 valence electrons. The van der Waals surface area contributed by atoms with Crippen LogP contribution in [0.15, 0.2) is 22.7 Å². The van der Waals surface area contributed by atoms with Crippen LogP contribution in [0, 0.1) is 5.82 Å². The Labute approximate surface area is 107 Å². The van der Waals surface area contributed by atoms with Crippen molar-refractivity contribution in [2.24, 2.45) is 0 Å². The first-order chi connectivity index (χ1) is 8.08. The fourth-order valence-electron chi connectivity index (χ4n) is 1.82. The maximum atomic E-state index is 13.3. The standard InChI is InChI=1S/C12H13BrFNO2/c13-12-8(2-1-3-10(12)14)6-15(7-11(16)17)9-4-5-9/h1-3,9H,4-7H2,(H,16,17). The third-order valence-corrected chi connectivity index (χ3v) is 3.69. The Kier molecular flexibility index (Phi) is 3.79. The molecule has 1 saturated carbocycles. The van der Waals surface area contributed by atoms with Crippen molar-refractivity contribution in [1.82, 2.24) is 4.90 Å². The predicted octanol–water partition coefficient (Wildman–Crippen LogP) is 2.64. The van der Waals surface area contributed by atoms with E-state index in [9.17, 15) is 9.18 Å². The first-order valence-corrected chi connectivity index (χ1v) is 6.26. The van der Waals surface area contributed by atoms with Crippen LogP contribution < -0.4 is 0 Å². The zero-order valence-electron chi connectivity index (χ0n) is 9.20. The van der Waals surface area contributed by atoms with Gasteiger partial charge in [0.25, 0.3) is 0 Å². The van der Waals surface area contributed by atoms with Gasteiger partial charge in [-0.3, -0.25) is 9.69 Å². The van der Waals surface area contributed by atoms with Gasteiger partial charge in [0, 0.05) is 12.6 Å². The van der Waals surface area contributed by atoms with Gasteiger partial charge in [-0.25, -0.2) is 4.39 Å². The van der Waals surface area contributed by atoms with Crippen molar-refractivity contribution in [1.29, 1.82) is 0 Å². The second-order valence-corrected chi connectivity index (χ2v) is 5.04. The second kappa shape index (κ2) is 5.14. The van der Waals surface area contributed by atoms with E-state index in [-0.39, 0.29) is 12.4 Å². The quantitative estimate of drug-likeness (QED) is 0.909. The number of hydrogen-bond donors (Lipinski definition) is 1. The molecule has 0 atom stereocenters. The molecule has 0 aliphatic heterocycles. The number of hydrogen-bond acceptors (Lipinski definition) is 2. The third-order valence-electron chi connectivity index (χ3n) is 2.81. The maximum absolute atomic E-state index is 13.3. The second-order valence-electron chi connectivity index (χ2n) is 4.24. The molecule has 0 saturated heterocycles. The normalized spacial score (nSPS) is 15.2. The highest BCUT2D eigenvalue weighted by Gasteiger charge is 2.30. The largest absolute Gasteiger partial charge is 0.480 e. The summed E-state index contributed by atoms with van der Waals surface area (Å²) in [5.74, 6) is -1.15. The van der Waals surface area contributed by atoms with Crippen LogP contribution in [-0.2, 0) is 11.3 Å². The molecule has 5 heteroatoms. The first-order valence-electron chi connectivity index (χ1n) is 5.46. The van der Waals surface area contributed by atoms with E-state index in [1.807, 2.05) is 11.0 Å². The van der Waals surface area contributed by atoms with E-state index >= 15 is 0 Å². The van der Waals surface area contributed by atoms with E-state index in [1.165, 1.54) is 6.07 Å². The summed E-state index contributed by atoms with van der Waals surface area (Å²) in [6.07, 6.45) is 2.06. The number of benzene rings is 1. The van der Waals surface area contributed by atoms with E-state index < -0.39 is 5.97 Å². The number of rotatable bonds is 5. The Balaban J connectivity index is 2.11. The molecule has 0 spiro atoms. The van der Waals surface area contributed by atoms with Crippen molar-refractivity contribution in [3.05, 3.63) is 34.1 Å². The van der Waals surface area contributed by atoms with Gasteiger partial charge in [-0.1, -0.05) is 12.1 Å². The molecule has 0 aromatic heterocycles. The number of carboxylic acid groups (broad SMARTS) is 1. The molecule has 0 bridgehead atoms. The lowest BCUT2D eigenvalue weighted by Gasteiger charge is -2.20. The van der Waals surface area contributed by atoms with Crippen molar-refractivity contribution >= 4 is 21.9 Å². The van der Waals surface area contributed by atoms with Gasteiger partial charge < -0.3 is 5.11 Å². The lowest BCUT2D eigenvalue weighted by atomic mass is 10.2. The molecule has 17 heavy (non-hydrogen) atoms. The highest BCUT2D eigenvalue weighted by atomic mass is 79.9. The molecule has 0 heterocycles. The summed E-state index contributed by atoms with van der Waals surface area (Å²) in [6, 6.07) is 5.17. The summed E-state index contributed by atoms with van der Waals surface area (Å²) < 4.78 is 13.8. The SMILES string of the molecule is O=C(O)CN(Cc1cccc(F)c1Br)C1CC1. The van der Waals surface area contributed by atoms with Gasteiger partial charge in [-0.2, -0.15) is 0 Å². The average Bonchev–Trinajstić information content (AvgIpc) is 3.06. The van der Waals surface area contributed by atoms with Crippen molar-refractivity contribution in [2.75, 3.05) is 6.54 Å². The number of halogens is 2. The molecule has 1 N–H and O–H groups in total.